The lowest BCUT2D eigenvalue weighted by molar-refractivity contribution is 0.162. The molecule has 1 aromatic carbocycles. The van der Waals surface area contributed by atoms with E-state index in [2.05, 4.69) is 10.2 Å². The van der Waals surface area contributed by atoms with E-state index in [0.717, 1.165) is 17.2 Å². The Hall–Kier alpha value is -2.17. The summed E-state index contributed by atoms with van der Waals surface area (Å²) in [5.74, 6) is 0.829. The van der Waals surface area contributed by atoms with Crippen LogP contribution >= 0.6 is 0 Å². The second kappa shape index (κ2) is 3.16. The number of fused-ring (bicyclic) bond motifs is 3. The summed E-state index contributed by atoms with van der Waals surface area (Å²) >= 11 is 0. The number of carboxylic acid groups (broad SMARTS) is 1. The Kier molecular flexibility index (Phi) is 1.80. The quantitative estimate of drug-likeness (QED) is 0.694. The van der Waals surface area contributed by atoms with Gasteiger partial charge in [-0.2, -0.15) is 0 Å². The molecule has 0 atom stereocenters. The zero-order valence-corrected chi connectivity index (χ0v) is 8.55. The number of amides is 1. The summed E-state index contributed by atoms with van der Waals surface area (Å²) in [6.45, 7) is 1.18. The Morgan fingerprint density at radius 1 is 1.31 bits per heavy atom. The summed E-state index contributed by atoms with van der Waals surface area (Å²) < 4.78 is 0. The van der Waals surface area contributed by atoms with Crippen LogP contribution in [0.5, 0.6) is 0 Å². The Balaban J connectivity index is 1.98. The molecule has 0 bridgehead atoms. The number of nitrogens with zero attached hydrogens (tertiary/aromatic N) is 2. The lowest BCUT2D eigenvalue weighted by atomic mass is 10.2. The van der Waals surface area contributed by atoms with E-state index in [1.807, 2.05) is 24.3 Å². The van der Waals surface area contributed by atoms with Crippen molar-refractivity contribution in [2.24, 2.45) is 0 Å². The molecule has 0 fully saturated rings. The van der Waals surface area contributed by atoms with Crippen LogP contribution in [-0.4, -0.2) is 29.2 Å². The molecular weight excluding hydrogens is 206 g/mol. The molecule has 0 aliphatic carbocycles. The molecule has 0 saturated heterocycles. The summed E-state index contributed by atoms with van der Waals surface area (Å²) in [6, 6.07) is 7.95. The van der Waals surface area contributed by atoms with Crippen molar-refractivity contribution in [1.82, 2.24) is 4.90 Å². The number of benzene rings is 1. The molecule has 5 heteroatoms. The number of carbonyl (C=O) groups is 1. The van der Waals surface area contributed by atoms with Crippen LogP contribution in [0.4, 0.5) is 16.2 Å². The van der Waals surface area contributed by atoms with Gasteiger partial charge in [-0.15, -0.1) is 0 Å². The van der Waals surface area contributed by atoms with E-state index in [1.54, 1.807) is 6.20 Å². The van der Waals surface area contributed by atoms with Gasteiger partial charge in [0.2, 0.25) is 0 Å². The highest BCUT2D eigenvalue weighted by Gasteiger charge is 2.28. The number of anilines is 2. The van der Waals surface area contributed by atoms with Crippen LogP contribution in [0.15, 0.2) is 36.3 Å². The Labute approximate surface area is 92.6 Å². The summed E-state index contributed by atoms with van der Waals surface area (Å²) in [4.78, 5) is 14.2. The largest absolute Gasteiger partial charge is 0.465 e. The van der Waals surface area contributed by atoms with E-state index in [9.17, 15) is 4.79 Å². The van der Waals surface area contributed by atoms with Crippen molar-refractivity contribution in [2.45, 2.75) is 0 Å². The average molecular weight is 217 g/mol. The normalized spacial score (nSPS) is 17.4. The minimum Gasteiger partial charge on any atom is -0.465 e. The number of hydrogen-bond donors (Lipinski definition) is 2. The van der Waals surface area contributed by atoms with Gasteiger partial charge in [0.1, 0.15) is 5.82 Å². The first-order chi connectivity index (χ1) is 7.75. The zero-order chi connectivity index (χ0) is 11.1. The summed E-state index contributed by atoms with van der Waals surface area (Å²) in [7, 11) is 0. The topological polar surface area (TPSA) is 55.8 Å². The molecule has 82 valence electrons. The fourth-order valence-corrected chi connectivity index (χ4v) is 2.06. The number of para-hydroxylation sites is 2. The van der Waals surface area contributed by atoms with E-state index in [1.165, 1.54) is 4.90 Å². The molecule has 0 spiro atoms. The van der Waals surface area contributed by atoms with Gasteiger partial charge in [0.05, 0.1) is 17.6 Å². The Bertz CT molecular complexity index is 484. The number of hydrogen-bond acceptors (Lipinski definition) is 3. The minimum atomic E-state index is -0.912. The van der Waals surface area contributed by atoms with Gasteiger partial charge in [-0.05, 0) is 12.1 Å². The number of rotatable bonds is 0. The molecule has 5 nitrogen and oxygen atoms in total. The molecule has 16 heavy (non-hydrogen) atoms. The van der Waals surface area contributed by atoms with Gasteiger partial charge in [-0.1, -0.05) is 12.1 Å². The number of nitrogens with one attached hydrogen (secondary N) is 1. The van der Waals surface area contributed by atoms with Gasteiger partial charge < -0.3 is 15.3 Å². The molecule has 2 aliphatic rings. The van der Waals surface area contributed by atoms with Crippen LogP contribution in [0.1, 0.15) is 0 Å². The molecule has 0 aromatic heterocycles. The molecule has 0 radical (unpaired) electrons. The van der Waals surface area contributed by atoms with Crippen LogP contribution in [-0.2, 0) is 0 Å². The highest BCUT2D eigenvalue weighted by Crippen LogP contribution is 2.37. The monoisotopic (exact) mass is 217 g/mol. The highest BCUT2D eigenvalue weighted by atomic mass is 16.4. The maximum Gasteiger partial charge on any atom is 0.411 e. The SMILES string of the molecule is O=C(O)N1C=C2Nc3ccccc3N2CC1. The van der Waals surface area contributed by atoms with Crippen molar-refractivity contribution >= 4 is 17.5 Å². The first kappa shape index (κ1) is 9.08. The van der Waals surface area contributed by atoms with Crippen molar-refractivity contribution in [1.29, 1.82) is 0 Å². The average Bonchev–Trinajstić information content (AvgIpc) is 2.66. The molecule has 0 saturated carbocycles. The maximum absolute atomic E-state index is 10.9. The summed E-state index contributed by atoms with van der Waals surface area (Å²) in [5.41, 5.74) is 2.14. The molecule has 2 heterocycles. The van der Waals surface area contributed by atoms with Gasteiger partial charge in [0.15, 0.2) is 0 Å². The third kappa shape index (κ3) is 1.21. The smallest absolute Gasteiger partial charge is 0.411 e. The maximum atomic E-state index is 10.9. The van der Waals surface area contributed by atoms with E-state index < -0.39 is 6.09 Å². The second-order valence-corrected chi connectivity index (χ2v) is 3.78. The Morgan fingerprint density at radius 2 is 2.12 bits per heavy atom. The van der Waals surface area contributed by atoms with Gasteiger partial charge in [-0.25, -0.2) is 4.79 Å². The van der Waals surface area contributed by atoms with E-state index in [-0.39, 0.29) is 0 Å². The zero-order valence-electron chi connectivity index (χ0n) is 8.55. The lowest BCUT2D eigenvalue weighted by Gasteiger charge is -2.29. The van der Waals surface area contributed by atoms with Gasteiger partial charge >= 0.3 is 6.09 Å². The van der Waals surface area contributed by atoms with Crippen molar-refractivity contribution in [2.75, 3.05) is 23.3 Å². The van der Waals surface area contributed by atoms with Crippen LogP contribution in [0.25, 0.3) is 0 Å². The van der Waals surface area contributed by atoms with Crippen LogP contribution < -0.4 is 10.2 Å². The first-order valence-corrected chi connectivity index (χ1v) is 5.11. The molecule has 2 aliphatic heterocycles. The lowest BCUT2D eigenvalue weighted by Crippen LogP contribution is -2.40. The predicted octanol–water partition coefficient (Wildman–Crippen LogP) is 1.71. The molecule has 0 unspecified atom stereocenters. The molecular formula is C11H11N3O2. The van der Waals surface area contributed by atoms with Crippen LogP contribution in [0.2, 0.25) is 0 Å². The third-order valence-corrected chi connectivity index (χ3v) is 2.84. The summed E-state index contributed by atoms with van der Waals surface area (Å²) in [5, 5.41) is 12.1. The summed E-state index contributed by atoms with van der Waals surface area (Å²) in [6.07, 6.45) is 0.719. The van der Waals surface area contributed by atoms with Gasteiger partial charge in [-0.3, -0.25) is 4.90 Å². The van der Waals surface area contributed by atoms with Crippen molar-refractivity contribution in [3.8, 4) is 0 Å². The van der Waals surface area contributed by atoms with Crippen molar-refractivity contribution < 1.29 is 9.90 Å². The molecule has 1 aromatic rings. The van der Waals surface area contributed by atoms with Crippen LogP contribution in [0.3, 0.4) is 0 Å². The molecule has 1 amide bonds. The fourth-order valence-electron chi connectivity index (χ4n) is 2.06. The van der Waals surface area contributed by atoms with E-state index >= 15 is 0 Å². The standard InChI is InChI=1S/C11H11N3O2/c15-11(16)13-5-6-14-9-4-2-1-3-8(9)12-10(14)7-13/h1-4,7,12H,5-6H2,(H,15,16). The third-order valence-electron chi connectivity index (χ3n) is 2.84. The Morgan fingerprint density at radius 3 is 2.94 bits per heavy atom. The van der Waals surface area contributed by atoms with Crippen molar-refractivity contribution in [3.63, 3.8) is 0 Å². The van der Waals surface area contributed by atoms with E-state index in [0.29, 0.717) is 13.1 Å². The van der Waals surface area contributed by atoms with Gasteiger partial charge in [0.25, 0.3) is 0 Å². The van der Waals surface area contributed by atoms with Crippen LogP contribution in [0, 0.1) is 0 Å². The predicted molar refractivity (Wildman–Crippen MR) is 60.2 cm³/mol. The second-order valence-electron chi connectivity index (χ2n) is 3.78. The molecule has 2 N–H and O–H groups in total. The molecule has 3 rings (SSSR count). The first-order valence-electron chi connectivity index (χ1n) is 5.11. The van der Waals surface area contributed by atoms with Gasteiger partial charge in [0, 0.05) is 13.1 Å². The highest BCUT2D eigenvalue weighted by molar-refractivity contribution is 5.81. The minimum absolute atomic E-state index is 0.495. The van der Waals surface area contributed by atoms with Crippen molar-refractivity contribution in [3.05, 3.63) is 36.3 Å². The van der Waals surface area contributed by atoms with E-state index in [4.69, 9.17) is 5.11 Å². The fraction of sp³-hybridized carbons (Fsp3) is 0.182.